The molecule has 120 valence electrons. The zero-order valence-corrected chi connectivity index (χ0v) is 13.1. The third-order valence-electron chi connectivity index (χ3n) is 5.04. The summed E-state index contributed by atoms with van der Waals surface area (Å²) in [4.78, 5) is 20.2. The molecule has 0 aromatic carbocycles. The standard InChI is InChI=1S/C16H23N3O3/c1-18-4-6-19(7-5-18)15(20)14-10-12-11-16(21-8-9-22-16)3-2-13(12)17-14/h10,17H,2-9,11H2,1H3. The Labute approximate surface area is 130 Å². The lowest BCUT2D eigenvalue weighted by Gasteiger charge is -2.32. The molecular formula is C16H23N3O3. The maximum atomic E-state index is 12.7. The number of nitrogens with one attached hydrogen (secondary N) is 1. The first-order valence-corrected chi connectivity index (χ1v) is 8.12. The van der Waals surface area contributed by atoms with Crippen molar-refractivity contribution < 1.29 is 14.3 Å². The molecule has 22 heavy (non-hydrogen) atoms. The van der Waals surface area contributed by atoms with Crippen molar-refractivity contribution in [3.05, 3.63) is 23.0 Å². The van der Waals surface area contributed by atoms with Gasteiger partial charge in [-0.15, -0.1) is 0 Å². The van der Waals surface area contributed by atoms with E-state index in [1.54, 1.807) is 0 Å². The number of aromatic amines is 1. The van der Waals surface area contributed by atoms with Crippen LogP contribution in [0.2, 0.25) is 0 Å². The van der Waals surface area contributed by atoms with Crippen molar-refractivity contribution in [1.29, 1.82) is 0 Å². The molecular weight excluding hydrogens is 282 g/mol. The van der Waals surface area contributed by atoms with Crippen LogP contribution in [0.15, 0.2) is 6.07 Å². The normalized spacial score (nSPS) is 24.7. The molecule has 0 atom stereocenters. The summed E-state index contributed by atoms with van der Waals surface area (Å²) in [5, 5.41) is 0. The molecule has 3 heterocycles. The van der Waals surface area contributed by atoms with Gasteiger partial charge in [-0.25, -0.2) is 0 Å². The second kappa shape index (κ2) is 5.37. The van der Waals surface area contributed by atoms with Gasteiger partial charge in [0.15, 0.2) is 5.79 Å². The number of ether oxygens (including phenoxy) is 2. The third-order valence-corrected chi connectivity index (χ3v) is 5.04. The van der Waals surface area contributed by atoms with Crippen LogP contribution in [0.4, 0.5) is 0 Å². The molecule has 0 bridgehead atoms. The smallest absolute Gasteiger partial charge is 0.270 e. The summed E-state index contributed by atoms with van der Waals surface area (Å²) in [5.41, 5.74) is 3.05. The molecule has 2 saturated heterocycles. The van der Waals surface area contributed by atoms with Gasteiger partial charge in [0, 0.05) is 44.7 Å². The van der Waals surface area contributed by atoms with Crippen LogP contribution in [0.5, 0.6) is 0 Å². The van der Waals surface area contributed by atoms with E-state index < -0.39 is 5.79 Å². The summed E-state index contributed by atoms with van der Waals surface area (Å²) in [6.45, 7) is 4.83. The summed E-state index contributed by atoms with van der Waals surface area (Å²) in [6.07, 6.45) is 2.49. The molecule has 1 spiro atoms. The molecule has 4 rings (SSSR count). The summed E-state index contributed by atoms with van der Waals surface area (Å²) >= 11 is 0. The predicted octanol–water partition coefficient (Wildman–Crippen LogP) is 0.634. The maximum absolute atomic E-state index is 12.7. The highest BCUT2D eigenvalue weighted by atomic mass is 16.7. The number of aromatic nitrogens is 1. The van der Waals surface area contributed by atoms with Gasteiger partial charge in [0.1, 0.15) is 5.69 Å². The minimum Gasteiger partial charge on any atom is -0.354 e. The van der Waals surface area contributed by atoms with Gasteiger partial charge in [-0.2, -0.15) is 0 Å². The van der Waals surface area contributed by atoms with Crippen LogP contribution >= 0.6 is 0 Å². The second-order valence-electron chi connectivity index (χ2n) is 6.57. The summed E-state index contributed by atoms with van der Waals surface area (Å²) < 4.78 is 11.6. The Balaban J connectivity index is 1.50. The number of fused-ring (bicyclic) bond motifs is 1. The van der Waals surface area contributed by atoms with Crippen molar-refractivity contribution in [3.8, 4) is 0 Å². The zero-order valence-electron chi connectivity index (χ0n) is 13.1. The van der Waals surface area contributed by atoms with E-state index in [9.17, 15) is 4.79 Å². The number of H-pyrrole nitrogens is 1. The van der Waals surface area contributed by atoms with Gasteiger partial charge in [0.25, 0.3) is 5.91 Å². The van der Waals surface area contributed by atoms with E-state index in [-0.39, 0.29) is 5.91 Å². The van der Waals surface area contributed by atoms with Crippen LogP contribution in [0, 0.1) is 0 Å². The molecule has 1 amide bonds. The van der Waals surface area contributed by atoms with Gasteiger partial charge in [-0.05, 0) is 25.1 Å². The topological polar surface area (TPSA) is 57.8 Å². The molecule has 3 aliphatic rings. The molecule has 6 heteroatoms. The summed E-state index contributed by atoms with van der Waals surface area (Å²) in [6, 6.07) is 2.00. The largest absolute Gasteiger partial charge is 0.354 e. The number of carbonyl (C=O) groups excluding carboxylic acids is 1. The maximum Gasteiger partial charge on any atom is 0.270 e. The molecule has 2 aliphatic heterocycles. The molecule has 1 aromatic heterocycles. The van der Waals surface area contributed by atoms with Crippen molar-refractivity contribution in [3.63, 3.8) is 0 Å². The molecule has 2 fully saturated rings. The first kappa shape index (κ1) is 14.2. The second-order valence-corrected chi connectivity index (χ2v) is 6.57. The van der Waals surface area contributed by atoms with Gasteiger partial charge in [0.2, 0.25) is 0 Å². The van der Waals surface area contributed by atoms with E-state index in [4.69, 9.17) is 9.47 Å². The van der Waals surface area contributed by atoms with Gasteiger partial charge in [-0.3, -0.25) is 4.79 Å². The monoisotopic (exact) mass is 305 g/mol. The molecule has 6 nitrogen and oxygen atoms in total. The van der Waals surface area contributed by atoms with Gasteiger partial charge in [0.05, 0.1) is 13.2 Å². The number of amides is 1. The first-order chi connectivity index (χ1) is 10.7. The van der Waals surface area contributed by atoms with Crippen molar-refractivity contribution >= 4 is 5.91 Å². The number of carbonyl (C=O) groups is 1. The van der Waals surface area contributed by atoms with Crippen LogP contribution in [0.25, 0.3) is 0 Å². The Hall–Kier alpha value is -1.37. The lowest BCUT2D eigenvalue weighted by Crippen LogP contribution is -2.47. The molecule has 0 radical (unpaired) electrons. The zero-order chi connectivity index (χ0) is 15.2. The number of likely N-dealkylation sites (N-methyl/N-ethyl adjacent to an activating group) is 1. The number of nitrogens with zero attached hydrogens (tertiary/aromatic N) is 2. The minimum absolute atomic E-state index is 0.116. The number of piperazine rings is 1. The van der Waals surface area contributed by atoms with Crippen LogP contribution < -0.4 is 0 Å². The summed E-state index contributed by atoms with van der Waals surface area (Å²) in [5.74, 6) is -0.326. The van der Waals surface area contributed by atoms with E-state index >= 15 is 0 Å². The molecule has 1 N–H and O–H groups in total. The number of hydrogen-bond donors (Lipinski definition) is 1. The Bertz CT molecular complexity index is 569. The highest BCUT2D eigenvalue weighted by Gasteiger charge is 2.40. The fourth-order valence-corrected chi connectivity index (χ4v) is 3.65. The fourth-order valence-electron chi connectivity index (χ4n) is 3.65. The highest BCUT2D eigenvalue weighted by Crippen LogP contribution is 2.35. The highest BCUT2D eigenvalue weighted by molar-refractivity contribution is 5.93. The van der Waals surface area contributed by atoms with E-state index in [1.165, 1.54) is 11.3 Å². The van der Waals surface area contributed by atoms with Crippen LogP contribution in [-0.2, 0) is 22.3 Å². The third kappa shape index (κ3) is 2.45. The van der Waals surface area contributed by atoms with Crippen LogP contribution in [0.1, 0.15) is 28.2 Å². The van der Waals surface area contributed by atoms with E-state index in [1.807, 2.05) is 11.0 Å². The van der Waals surface area contributed by atoms with Crippen LogP contribution in [-0.4, -0.2) is 72.9 Å². The number of rotatable bonds is 1. The van der Waals surface area contributed by atoms with Gasteiger partial charge in [-0.1, -0.05) is 0 Å². The lowest BCUT2D eigenvalue weighted by atomic mass is 9.92. The van der Waals surface area contributed by atoms with Gasteiger partial charge < -0.3 is 24.3 Å². The molecule has 0 saturated carbocycles. The Kier molecular flexibility index (Phi) is 3.47. The molecule has 1 aromatic rings. The first-order valence-electron chi connectivity index (χ1n) is 8.12. The number of aryl methyl sites for hydroxylation is 1. The van der Waals surface area contributed by atoms with Crippen molar-refractivity contribution in [2.45, 2.75) is 25.0 Å². The van der Waals surface area contributed by atoms with Crippen molar-refractivity contribution in [2.24, 2.45) is 0 Å². The van der Waals surface area contributed by atoms with E-state index in [2.05, 4.69) is 16.9 Å². The average molecular weight is 305 g/mol. The summed E-state index contributed by atoms with van der Waals surface area (Å²) in [7, 11) is 2.09. The van der Waals surface area contributed by atoms with Crippen molar-refractivity contribution in [1.82, 2.24) is 14.8 Å². The Morgan fingerprint density at radius 1 is 1.23 bits per heavy atom. The van der Waals surface area contributed by atoms with E-state index in [0.717, 1.165) is 45.4 Å². The molecule has 0 unspecified atom stereocenters. The lowest BCUT2D eigenvalue weighted by molar-refractivity contribution is -0.163. The fraction of sp³-hybridized carbons (Fsp3) is 0.688. The average Bonchev–Trinajstić information content (AvgIpc) is 3.14. The quantitative estimate of drug-likeness (QED) is 0.827. The van der Waals surface area contributed by atoms with Crippen molar-refractivity contribution in [2.75, 3.05) is 46.4 Å². The van der Waals surface area contributed by atoms with E-state index in [0.29, 0.717) is 18.9 Å². The predicted molar refractivity (Wildman–Crippen MR) is 80.9 cm³/mol. The SMILES string of the molecule is CN1CCN(C(=O)c2cc3c([nH]2)CCC2(C3)OCCO2)CC1. The molecule has 1 aliphatic carbocycles. The van der Waals surface area contributed by atoms with Gasteiger partial charge >= 0.3 is 0 Å². The van der Waals surface area contributed by atoms with Crippen LogP contribution in [0.3, 0.4) is 0 Å². The Morgan fingerprint density at radius 2 is 1.95 bits per heavy atom. The Morgan fingerprint density at radius 3 is 2.68 bits per heavy atom. The minimum atomic E-state index is -0.441. The number of hydrogen-bond acceptors (Lipinski definition) is 4.